The molecular formula is C23H32O3. The summed E-state index contributed by atoms with van der Waals surface area (Å²) in [4.78, 5) is 24.0. The number of fused-ring (bicyclic) bond motifs is 5. The molecule has 0 aromatic carbocycles. The molecule has 4 aliphatic carbocycles. The Hall–Kier alpha value is -1.38. The second kappa shape index (κ2) is 6.07. The minimum Gasteiger partial charge on any atom is -0.462 e. The Morgan fingerprint density at radius 3 is 2.58 bits per heavy atom. The molecule has 4 rings (SSSR count). The average molecular weight is 357 g/mol. The van der Waals surface area contributed by atoms with Gasteiger partial charge >= 0.3 is 5.97 Å². The van der Waals surface area contributed by atoms with Gasteiger partial charge in [-0.05, 0) is 73.2 Å². The van der Waals surface area contributed by atoms with Crippen molar-refractivity contribution in [3.63, 3.8) is 0 Å². The standard InChI is InChI=1S/C23H32O3/c1-5-18-21(25)13-20-17-7-6-15-12-16(26-14(2)24)8-10-22(15,3)19(17)9-11-23(18,20)4/h5-6,16-17,19-20H,7-13H2,1-4H3/b18-5-/t16-,17+,19-,20-,22-,23+/m0/s1. The van der Waals surface area contributed by atoms with Crippen LogP contribution in [0.1, 0.15) is 72.6 Å². The van der Waals surface area contributed by atoms with Gasteiger partial charge in [0, 0.05) is 19.8 Å². The number of hydrogen-bond donors (Lipinski definition) is 0. The van der Waals surface area contributed by atoms with Gasteiger partial charge in [-0.3, -0.25) is 9.59 Å². The van der Waals surface area contributed by atoms with Crippen molar-refractivity contribution < 1.29 is 14.3 Å². The van der Waals surface area contributed by atoms with E-state index < -0.39 is 0 Å². The van der Waals surface area contributed by atoms with E-state index in [9.17, 15) is 9.59 Å². The third-order valence-corrected chi connectivity index (χ3v) is 8.39. The van der Waals surface area contributed by atoms with Crippen molar-refractivity contribution in [3.8, 4) is 0 Å². The predicted octanol–water partition coefficient (Wildman–Crippen LogP) is 5.01. The topological polar surface area (TPSA) is 43.4 Å². The maximum atomic E-state index is 12.6. The van der Waals surface area contributed by atoms with Crippen molar-refractivity contribution in [1.82, 2.24) is 0 Å². The summed E-state index contributed by atoms with van der Waals surface area (Å²) >= 11 is 0. The van der Waals surface area contributed by atoms with Crippen LogP contribution in [0.5, 0.6) is 0 Å². The molecule has 0 heterocycles. The zero-order valence-corrected chi connectivity index (χ0v) is 16.6. The van der Waals surface area contributed by atoms with Crippen LogP contribution in [0.15, 0.2) is 23.3 Å². The van der Waals surface area contributed by atoms with Gasteiger partial charge in [0.1, 0.15) is 6.10 Å². The van der Waals surface area contributed by atoms with Gasteiger partial charge in [0.05, 0.1) is 0 Å². The molecule has 0 saturated heterocycles. The molecule has 0 spiro atoms. The molecule has 26 heavy (non-hydrogen) atoms. The molecule has 3 nitrogen and oxygen atoms in total. The van der Waals surface area contributed by atoms with E-state index in [0.717, 1.165) is 44.1 Å². The van der Waals surface area contributed by atoms with E-state index in [-0.39, 0.29) is 22.9 Å². The first kappa shape index (κ1) is 18.0. The first-order chi connectivity index (χ1) is 12.3. The normalized spacial score (nSPS) is 46.2. The molecule has 0 N–H and O–H groups in total. The van der Waals surface area contributed by atoms with Crippen molar-refractivity contribution in [2.45, 2.75) is 78.7 Å². The lowest BCUT2D eigenvalue weighted by Crippen LogP contribution is -2.49. The number of Topliss-reactive ketones (excluding diaryl/α,β-unsaturated/α-hetero) is 1. The van der Waals surface area contributed by atoms with Crippen molar-refractivity contribution in [1.29, 1.82) is 0 Å². The molecule has 0 unspecified atom stereocenters. The summed E-state index contributed by atoms with van der Waals surface area (Å²) in [6, 6.07) is 0. The van der Waals surface area contributed by atoms with Crippen LogP contribution in [0, 0.1) is 28.6 Å². The summed E-state index contributed by atoms with van der Waals surface area (Å²) in [6.45, 7) is 8.32. The highest BCUT2D eigenvalue weighted by molar-refractivity contribution is 5.99. The summed E-state index contributed by atoms with van der Waals surface area (Å²) in [6.07, 6.45) is 11.7. The molecular weight excluding hydrogens is 324 g/mol. The molecule has 4 aliphatic rings. The third-order valence-electron chi connectivity index (χ3n) is 8.39. The highest BCUT2D eigenvalue weighted by Crippen LogP contribution is 2.65. The van der Waals surface area contributed by atoms with E-state index in [1.165, 1.54) is 18.9 Å². The van der Waals surface area contributed by atoms with Crippen molar-refractivity contribution in [3.05, 3.63) is 23.3 Å². The second-order valence-corrected chi connectivity index (χ2v) is 9.52. The Labute approximate surface area is 157 Å². The van der Waals surface area contributed by atoms with Crippen LogP contribution in [0.2, 0.25) is 0 Å². The van der Waals surface area contributed by atoms with Gasteiger partial charge in [0.2, 0.25) is 0 Å². The summed E-state index contributed by atoms with van der Waals surface area (Å²) in [5.74, 6) is 2.02. The Morgan fingerprint density at radius 1 is 1.15 bits per heavy atom. The smallest absolute Gasteiger partial charge is 0.302 e. The van der Waals surface area contributed by atoms with E-state index in [4.69, 9.17) is 4.74 Å². The summed E-state index contributed by atoms with van der Waals surface area (Å²) < 4.78 is 5.52. The van der Waals surface area contributed by atoms with Gasteiger partial charge in [-0.25, -0.2) is 0 Å². The van der Waals surface area contributed by atoms with Crippen LogP contribution < -0.4 is 0 Å². The van der Waals surface area contributed by atoms with Crippen LogP contribution in [-0.4, -0.2) is 17.9 Å². The van der Waals surface area contributed by atoms with Crippen molar-refractivity contribution in [2.75, 3.05) is 0 Å². The van der Waals surface area contributed by atoms with Crippen LogP contribution in [-0.2, 0) is 14.3 Å². The number of ketones is 1. The number of rotatable bonds is 1. The van der Waals surface area contributed by atoms with Gasteiger partial charge < -0.3 is 4.74 Å². The first-order valence-electron chi connectivity index (χ1n) is 10.4. The zero-order chi connectivity index (χ0) is 18.7. The molecule has 0 amide bonds. The lowest BCUT2D eigenvalue weighted by molar-refractivity contribution is -0.148. The molecule has 0 aromatic heterocycles. The average Bonchev–Trinajstić information content (AvgIpc) is 2.84. The molecule has 0 aliphatic heterocycles. The lowest BCUT2D eigenvalue weighted by Gasteiger charge is -2.57. The van der Waals surface area contributed by atoms with Gasteiger partial charge in [-0.1, -0.05) is 31.6 Å². The van der Waals surface area contributed by atoms with Crippen LogP contribution in [0.4, 0.5) is 0 Å². The van der Waals surface area contributed by atoms with Crippen molar-refractivity contribution in [2.24, 2.45) is 28.6 Å². The van der Waals surface area contributed by atoms with Gasteiger partial charge in [0.15, 0.2) is 5.78 Å². The zero-order valence-electron chi connectivity index (χ0n) is 16.6. The number of esters is 1. The Bertz CT molecular complexity index is 702. The minimum absolute atomic E-state index is 0.0555. The molecule has 0 aromatic rings. The van der Waals surface area contributed by atoms with Gasteiger partial charge in [-0.2, -0.15) is 0 Å². The van der Waals surface area contributed by atoms with Crippen LogP contribution in [0.3, 0.4) is 0 Å². The van der Waals surface area contributed by atoms with E-state index in [0.29, 0.717) is 23.5 Å². The first-order valence-corrected chi connectivity index (χ1v) is 10.4. The Kier molecular flexibility index (Phi) is 4.20. The third kappa shape index (κ3) is 2.46. The van der Waals surface area contributed by atoms with E-state index >= 15 is 0 Å². The number of carbonyl (C=O) groups is 2. The van der Waals surface area contributed by atoms with E-state index in [1.807, 2.05) is 6.92 Å². The van der Waals surface area contributed by atoms with Crippen molar-refractivity contribution >= 4 is 11.8 Å². The SMILES string of the molecule is C/C=C1/C(=O)C[C@H]2[C@@H]3CC=C4C[C@@H](OC(C)=O)CC[C@]4(C)[C@H]3CC[C@]12C. The fourth-order valence-corrected chi connectivity index (χ4v) is 7.11. The number of allylic oxidation sites excluding steroid dienone is 3. The lowest BCUT2D eigenvalue weighted by atomic mass is 9.48. The molecule has 0 radical (unpaired) electrons. The fourth-order valence-electron chi connectivity index (χ4n) is 7.11. The summed E-state index contributed by atoms with van der Waals surface area (Å²) in [5.41, 5.74) is 2.92. The molecule has 142 valence electrons. The highest BCUT2D eigenvalue weighted by atomic mass is 16.5. The summed E-state index contributed by atoms with van der Waals surface area (Å²) in [7, 11) is 0. The molecule has 6 atom stereocenters. The van der Waals surface area contributed by atoms with E-state index in [1.54, 1.807) is 0 Å². The maximum Gasteiger partial charge on any atom is 0.302 e. The molecule has 3 fully saturated rings. The monoisotopic (exact) mass is 356 g/mol. The van der Waals surface area contributed by atoms with Crippen LogP contribution >= 0.6 is 0 Å². The molecule has 0 bridgehead atoms. The fraction of sp³-hybridized carbons (Fsp3) is 0.739. The second-order valence-electron chi connectivity index (χ2n) is 9.52. The minimum atomic E-state index is -0.162. The Balaban J connectivity index is 1.62. The van der Waals surface area contributed by atoms with Gasteiger partial charge in [-0.15, -0.1) is 0 Å². The maximum absolute atomic E-state index is 12.6. The number of carbonyl (C=O) groups excluding carboxylic acids is 2. The highest BCUT2D eigenvalue weighted by Gasteiger charge is 2.59. The van der Waals surface area contributed by atoms with Gasteiger partial charge in [0.25, 0.3) is 0 Å². The predicted molar refractivity (Wildman–Crippen MR) is 101 cm³/mol. The molecule has 3 saturated carbocycles. The Morgan fingerprint density at radius 2 is 1.88 bits per heavy atom. The largest absolute Gasteiger partial charge is 0.462 e. The summed E-state index contributed by atoms with van der Waals surface area (Å²) in [5, 5.41) is 0. The van der Waals surface area contributed by atoms with Crippen LogP contribution in [0.25, 0.3) is 0 Å². The number of hydrogen-bond acceptors (Lipinski definition) is 3. The number of ether oxygens (including phenoxy) is 1. The van der Waals surface area contributed by atoms with E-state index in [2.05, 4.69) is 26.0 Å². The molecule has 3 heteroatoms. The quantitative estimate of drug-likeness (QED) is 0.377.